The lowest BCUT2D eigenvalue weighted by atomic mass is 10.3. The molecule has 0 radical (unpaired) electrons. The van der Waals surface area contributed by atoms with Gasteiger partial charge in [0.2, 0.25) is 0 Å². The molecule has 0 aliphatic carbocycles. The van der Waals surface area contributed by atoms with Crippen molar-refractivity contribution in [3.8, 4) is 0 Å². The third-order valence-electron chi connectivity index (χ3n) is 2.37. The number of benzene rings is 1. The van der Waals surface area contributed by atoms with Crippen LogP contribution in [0.15, 0.2) is 35.5 Å². The van der Waals surface area contributed by atoms with Crippen molar-refractivity contribution in [2.24, 2.45) is 4.99 Å². The number of hydrogen-bond acceptors (Lipinski definition) is 4. The molecule has 0 saturated heterocycles. The topological polar surface area (TPSA) is 50.2 Å². The van der Waals surface area contributed by atoms with Crippen molar-refractivity contribution in [3.63, 3.8) is 0 Å². The molecule has 1 N–H and O–H groups in total. The quantitative estimate of drug-likeness (QED) is 0.619. The third kappa shape index (κ3) is 1.84. The van der Waals surface area contributed by atoms with Gasteiger partial charge >= 0.3 is 0 Å². The van der Waals surface area contributed by atoms with Crippen LogP contribution in [0.25, 0.3) is 11.0 Å². The van der Waals surface area contributed by atoms with Crippen LogP contribution in [0.4, 0.5) is 0 Å². The predicted octanol–water partition coefficient (Wildman–Crippen LogP) is -2.02. The van der Waals surface area contributed by atoms with Gasteiger partial charge in [-0.05, 0) is 12.1 Å². The van der Waals surface area contributed by atoms with Crippen molar-refractivity contribution in [1.82, 2.24) is 15.3 Å². The van der Waals surface area contributed by atoms with E-state index in [1.807, 2.05) is 24.3 Å². The highest BCUT2D eigenvalue weighted by Gasteiger charge is 2.09. The summed E-state index contributed by atoms with van der Waals surface area (Å²) in [6.07, 6.45) is 1.76. The number of nitrogens with zero attached hydrogens (tertiary/aromatic N) is 3. The summed E-state index contributed by atoms with van der Waals surface area (Å²) in [5.41, 5.74) is 2.65. The van der Waals surface area contributed by atoms with Gasteiger partial charge in [-0.25, -0.2) is 4.98 Å². The minimum absolute atomic E-state index is 0. The number of aromatic nitrogens is 2. The molecule has 2 aromatic rings. The number of aliphatic imine (C=N–C) groups is 1. The maximum absolute atomic E-state index is 4.50. The smallest absolute Gasteiger partial charge is 0.149 e. The second kappa shape index (κ2) is 4.45. The largest absolute Gasteiger partial charge is 1.00 e. The molecule has 3 rings (SSSR count). The highest BCUT2D eigenvalue weighted by atomic mass is 35.5. The van der Waals surface area contributed by atoms with E-state index in [1.54, 1.807) is 6.20 Å². The van der Waals surface area contributed by atoms with Crippen molar-refractivity contribution in [2.75, 3.05) is 13.1 Å². The lowest BCUT2D eigenvalue weighted by Gasteiger charge is -2.02. The summed E-state index contributed by atoms with van der Waals surface area (Å²) in [6.45, 7) is 1.72. The summed E-state index contributed by atoms with van der Waals surface area (Å²) >= 11 is 0. The molecule has 5 heteroatoms. The molecule has 4 nitrogen and oxygen atoms in total. The molecule has 0 amide bonds. The molecule has 1 aliphatic heterocycles. The van der Waals surface area contributed by atoms with Gasteiger partial charge in [0.25, 0.3) is 0 Å². The fraction of sp³-hybridized carbons (Fsp3) is 0.182. The highest BCUT2D eigenvalue weighted by Crippen LogP contribution is 2.09. The van der Waals surface area contributed by atoms with Crippen molar-refractivity contribution in [3.05, 3.63) is 36.2 Å². The normalized spacial score (nSPS) is 14.1. The Morgan fingerprint density at radius 2 is 1.94 bits per heavy atom. The van der Waals surface area contributed by atoms with Crippen molar-refractivity contribution in [2.45, 2.75) is 0 Å². The van der Waals surface area contributed by atoms with E-state index in [0.29, 0.717) is 0 Å². The molecular weight excluding hydrogens is 224 g/mol. The molecule has 0 spiro atoms. The van der Waals surface area contributed by atoms with Crippen molar-refractivity contribution < 1.29 is 12.4 Å². The first-order chi connectivity index (χ1) is 7.43. The zero-order valence-electron chi connectivity index (χ0n) is 8.52. The van der Waals surface area contributed by atoms with E-state index in [-0.39, 0.29) is 12.4 Å². The second-order valence-electron chi connectivity index (χ2n) is 3.40. The van der Waals surface area contributed by atoms with Gasteiger partial charge < -0.3 is 17.7 Å². The average molecular weight is 234 g/mol. The van der Waals surface area contributed by atoms with Crippen molar-refractivity contribution >= 4 is 16.9 Å². The van der Waals surface area contributed by atoms with Crippen LogP contribution in [0.5, 0.6) is 0 Å². The minimum Gasteiger partial charge on any atom is -1.00 e. The van der Waals surface area contributed by atoms with Gasteiger partial charge in [-0.2, -0.15) is 0 Å². The number of amidine groups is 1. The van der Waals surface area contributed by atoms with E-state index in [1.165, 1.54) is 0 Å². The Hall–Kier alpha value is -1.68. The summed E-state index contributed by atoms with van der Waals surface area (Å²) < 4.78 is 0. The molecule has 82 valence electrons. The van der Waals surface area contributed by atoms with E-state index >= 15 is 0 Å². The number of nitrogens with one attached hydrogen (secondary N) is 1. The maximum atomic E-state index is 4.50. The molecule has 1 aliphatic rings. The number of halogens is 1. The average Bonchev–Trinajstić information content (AvgIpc) is 2.82. The van der Waals surface area contributed by atoms with Crippen LogP contribution in [0.2, 0.25) is 0 Å². The Balaban J connectivity index is 0.000000963. The summed E-state index contributed by atoms with van der Waals surface area (Å²) in [5, 5.41) is 3.19. The van der Waals surface area contributed by atoms with Crippen LogP contribution >= 0.6 is 0 Å². The number of hydrogen-bond donors (Lipinski definition) is 1. The van der Waals surface area contributed by atoms with Gasteiger partial charge in [0.1, 0.15) is 11.5 Å². The van der Waals surface area contributed by atoms with E-state index in [2.05, 4.69) is 20.3 Å². The van der Waals surface area contributed by atoms with Gasteiger partial charge in [-0.3, -0.25) is 9.98 Å². The van der Waals surface area contributed by atoms with Crippen LogP contribution in [0.1, 0.15) is 5.69 Å². The summed E-state index contributed by atoms with van der Waals surface area (Å²) in [4.78, 5) is 13.2. The first-order valence-corrected chi connectivity index (χ1v) is 4.94. The molecule has 16 heavy (non-hydrogen) atoms. The Morgan fingerprint density at radius 3 is 2.69 bits per heavy atom. The summed E-state index contributed by atoms with van der Waals surface area (Å²) in [5.74, 6) is 0.855. The van der Waals surface area contributed by atoms with E-state index in [0.717, 1.165) is 35.7 Å². The minimum atomic E-state index is 0. The predicted molar refractivity (Wildman–Crippen MR) is 58.9 cm³/mol. The molecule has 0 bridgehead atoms. The first-order valence-electron chi connectivity index (χ1n) is 4.94. The van der Waals surface area contributed by atoms with Crippen LogP contribution in [0, 0.1) is 0 Å². The van der Waals surface area contributed by atoms with Gasteiger partial charge in [-0.15, -0.1) is 0 Å². The summed E-state index contributed by atoms with van der Waals surface area (Å²) in [6, 6.07) is 7.84. The van der Waals surface area contributed by atoms with Crippen molar-refractivity contribution in [1.29, 1.82) is 0 Å². The number of rotatable bonds is 1. The molecule has 0 fully saturated rings. The van der Waals surface area contributed by atoms with E-state index in [9.17, 15) is 0 Å². The number of para-hydroxylation sites is 2. The Labute approximate surface area is 99.2 Å². The highest BCUT2D eigenvalue weighted by molar-refractivity contribution is 5.98. The molecule has 0 saturated carbocycles. The Kier molecular flexibility index (Phi) is 3.01. The molecule has 1 aromatic carbocycles. The molecular formula is C11H10ClN4-. The molecule has 0 unspecified atom stereocenters. The van der Waals surface area contributed by atoms with Crippen LogP contribution in [-0.2, 0) is 0 Å². The maximum Gasteiger partial charge on any atom is 0.149 e. The SMILES string of the molecule is [Cl-].c1ccc2nc(C3=NCCN3)cnc2c1. The zero-order valence-corrected chi connectivity index (χ0v) is 9.28. The van der Waals surface area contributed by atoms with Gasteiger partial charge in [-0.1, -0.05) is 12.1 Å². The fourth-order valence-corrected chi connectivity index (χ4v) is 1.64. The molecule has 1 aromatic heterocycles. The van der Waals surface area contributed by atoms with Crippen LogP contribution < -0.4 is 17.7 Å². The van der Waals surface area contributed by atoms with Gasteiger partial charge in [0, 0.05) is 6.54 Å². The number of fused-ring (bicyclic) bond motifs is 1. The standard InChI is InChI=1S/C11H10N4.ClH/c1-2-4-9-8(3-1)14-7-10(15-9)11-12-5-6-13-11;/h1-4,7H,5-6H2,(H,12,13);1H/p-1. The third-order valence-corrected chi connectivity index (χ3v) is 2.37. The lowest BCUT2D eigenvalue weighted by molar-refractivity contribution is -0.00000316. The Morgan fingerprint density at radius 1 is 1.12 bits per heavy atom. The zero-order chi connectivity index (χ0) is 10.1. The van der Waals surface area contributed by atoms with Crippen LogP contribution in [0.3, 0.4) is 0 Å². The fourth-order valence-electron chi connectivity index (χ4n) is 1.64. The van der Waals surface area contributed by atoms with Gasteiger partial charge in [0.15, 0.2) is 0 Å². The monoisotopic (exact) mass is 233 g/mol. The van der Waals surface area contributed by atoms with Gasteiger partial charge in [0.05, 0.1) is 23.8 Å². The molecule has 0 atom stereocenters. The van der Waals surface area contributed by atoms with E-state index < -0.39 is 0 Å². The lowest BCUT2D eigenvalue weighted by Crippen LogP contribution is -3.00. The Bertz CT molecular complexity index is 538. The molecule has 2 heterocycles. The van der Waals surface area contributed by atoms with E-state index in [4.69, 9.17) is 0 Å². The van der Waals surface area contributed by atoms with Crippen LogP contribution in [-0.4, -0.2) is 28.9 Å². The second-order valence-corrected chi connectivity index (χ2v) is 3.40. The summed E-state index contributed by atoms with van der Waals surface area (Å²) in [7, 11) is 0. The first kappa shape index (κ1) is 10.8.